The average Bonchev–Trinajstić information content (AvgIpc) is 2.52. The molecule has 1 rings (SSSR count). The molecule has 0 aliphatic carbocycles. The number of hydrogen-bond donors (Lipinski definition) is 1. The van der Waals surface area contributed by atoms with Gasteiger partial charge in [0.15, 0.2) is 0 Å². The molecular formula is C10H16N2O2S. The molecule has 0 unspecified atom stereocenters. The third-order valence-electron chi connectivity index (χ3n) is 1.91. The number of carbonyl (C=O) groups is 1. The van der Waals surface area contributed by atoms with Crippen molar-refractivity contribution in [1.82, 2.24) is 10.3 Å². The first-order valence-electron chi connectivity index (χ1n) is 4.97. The van der Waals surface area contributed by atoms with Crippen molar-refractivity contribution in [3.05, 3.63) is 11.5 Å². The zero-order chi connectivity index (χ0) is 11.3. The van der Waals surface area contributed by atoms with Gasteiger partial charge in [0, 0.05) is 6.54 Å². The second-order valence-corrected chi connectivity index (χ2v) is 4.19. The van der Waals surface area contributed by atoms with Crippen LogP contribution in [0.4, 0.5) is 0 Å². The van der Waals surface area contributed by atoms with E-state index in [9.17, 15) is 4.79 Å². The van der Waals surface area contributed by atoms with Crippen molar-refractivity contribution in [2.75, 3.05) is 12.3 Å². The maximum Gasteiger partial charge on any atom is 0.256 e. The summed E-state index contributed by atoms with van der Waals surface area (Å²) in [5.41, 5.74) is 0.881. The van der Waals surface area contributed by atoms with E-state index in [1.807, 2.05) is 20.8 Å². The molecule has 5 heteroatoms. The van der Waals surface area contributed by atoms with Crippen LogP contribution in [0, 0.1) is 13.8 Å². The Balaban J connectivity index is 2.33. The number of carbonyl (C=O) groups excluding carboxylic acids is 1. The standard InChI is InChI=1S/C10H16N2O2S/c1-4-5-11-9(13)6-15-10-12-7(2)8(3)14-10/h4-6H2,1-3H3,(H,11,13). The smallest absolute Gasteiger partial charge is 0.256 e. The molecule has 0 saturated heterocycles. The lowest BCUT2D eigenvalue weighted by Crippen LogP contribution is -2.25. The third-order valence-corrected chi connectivity index (χ3v) is 2.74. The molecule has 0 radical (unpaired) electrons. The largest absolute Gasteiger partial charge is 0.437 e. The molecule has 1 aromatic rings. The Morgan fingerprint density at radius 1 is 1.53 bits per heavy atom. The van der Waals surface area contributed by atoms with Gasteiger partial charge in [0.1, 0.15) is 5.76 Å². The van der Waals surface area contributed by atoms with Gasteiger partial charge in [-0.25, -0.2) is 4.98 Å². The molecule has 0 aromatic carbocycles. The summed E-state index contributed by atoms with van der Waals surface area (Å²) in [4.78, 5) is 15.4. The minimum absolute atomic E-state index is 0.0235. The molecular weight excluding hydrogens is 212 g/mol. The van der Waals surface area contributed by atoms with Crippen LogP contribution in [-0.2, 0) is 4.79 Å². The number of aromatic nitrogens is 1. The first kappa shape index (κ1) is 12.1. The van der Waals surface area contributed by atoms with Crippen LogP contribution in [0.5, 0.6) is 0 Å². The van der Waals surface area contributed by atoms with Gasteiger partial charge in [-0.1, -0.05) is 18.7 Å². The Labute approximate surface area is 93.8 Å². The second-order valence-electron chi connectivity index (χ2n) is 3.26. The summed E-state index contributed by atoms with van der Waals surface area (Å²) in [7, 11) is 0. The lowest BCUT2D eigenvalue weighted by molar-refractivity contribution is -0.118. The highest BCUT2D eigenvalue weighted by Crippen LogP contribution is 2.19. The van der Waals surface area contributed by atoms with Gasteiger partial charge in [-0.15, -0.1) is 0 Å². The van der Waals surface area contributed by atoms with Gasteiger partial charge in [-0.3, -0.25) is 4.79 Å². The van der Waals surface area contributed by atoms with Gasteiger partial charge < -0.3 is 9.73 Å². The molecule has 4 nitrogen and oxygen atoms in total. The topological polar surface area (TPSA) is 55.1 Å². The molecule has 0 atom stereocenters. The predicted octanol–water partition coefficient (Wildman–Crippen LogP) is 1.91. The molecule has 1 amide bonds. The summed E-state index contributed by atoms with van der Waals surface area (Å²) in [5, 5.41) is 3.36. The second kappa shape index (κ2) is 5.80. The van der Waals surface area contributed by atoms with Crippen LogP contribution in [0.3, 0.4) is 0 Å². The van der Waals surface area contributed by atoms with Gasteiger partial charge in [-0.2, -0.15) is 0 Å². The Kier molecular flexibility index (Phi) is 4.68. The van der Waals surface area contributed by atoms with E-state index in [4.69, 9.17) is 4.42 Å². The van der Waals surface area contributed by atoms with Gasteiger partial charge in [0.25, 0.3) is 5.22 Å². The molecule has 0 aliphatic rings. The Bertz CT molecular complexity index is 317. The fourth-order valence-corrected chi connectivity index (χ4v) is 1.69. The van der Waals surface area contributed by atoms with Crippen LogP contribution in [0.1, 0.15) is 24.8 Å². The average molecular weight is 228 g/mol. The summed E-state index contributed by atoms with van der Waals surface area (Å²) in [6.45, 7) is 6.50. The van der Waals surface area contributed by atoms with Crippen LogP contribution in [0.15, 0.2) is 9.64 Å². The third kappa shape index (κ3) is 3.95. The van der Waals surface area contributed by atoms with Crippen molar-refractivity contribution < 1.29 is 9.21 Å². The summed E-state index contributed by atoms with van der Waals surface area (Å²) in [6, 6.07) is 0. The maximum absolute atomic E-state index is 11.3. The highest BCUT2D eigenvalue weighted by Gasteiger charge is 2.08. The fourth-order valence-electron chi connectivity index (χ4n) is 0.948. The fraction of sp³-hybridized carbons (Fsp3) is 0.600. The molecule has 1 aromatic heterocycles. The molecule has 84 valence electrons. The van der Waals surface area contributed by atoms with E-state index >= 15 is 0 Å². The Hall–Kier alpha value is -0.970. The monoisotopic (exact) mass is 228 g/mol. The molecule has 1 N–H and O–H groups in total. The van der Waals surface area contributed by atoms with Crippen LogP contribution in [0.2, 0.25) is 0 Å². The van der Waals surface area contributed by atoms with E-state index in [1.165, 1.54) is 11.8 Å². The summed E-state index contributed by atoms with van der Waals surface area (Å²) in [5.74, 6) is 1.20. The zero-order valence-electron chi connectivity index (χ0n) is 9.29. The van der Waals surface area contributed by atoms with Crippen LogP contribution >= 0.6 is 11.8 Å². The number of rotatable bonds is 5. The number of amides is 1. The van der Waals surface area contributed by atoms with Crippen molar-refractivity contribution in [1.29, 1.82) is 0 Å². The van der Waals surface area contributed by atoms with Crippen molar-refractivity contribution >= 4 is 17.7 Å². The summed E-state index contributed by atoms with van der Waals surface area (Å²) in [6.07, 6.45) is 0.952. The number of oxazole rings is 1. The van der Waals surface area contributed by atoms with E-state index in [-0.39, 0.29) is 5.91 Å². The summed E-state index contributed by atoms with van der Waals surface area (Å²) < 4.78 is 5.34. The number of nitrogens with zero attached hydrogens (tertiary/aromatic N) is 1. The van der Waals surface area contributed by atoms with Gasteiger partial charge in [0.05, 0.1) is 11.4 Å². The lowest BCUT2D eigenvalue weighted by atomic mass is 10.4. The van der Waals surface area contributed by atoms with E-state index in [2.05, 4.69) is 10.3 Å². The quantitative estimate of drug-likeness (QED) is 0.782. The van der Waals surface area contributed by atoms with Crippen LogP contribution in [-0.4, -0.2) is 23.2 Å². The van der Waals surface area contributed by atoms with E-state index < -0.39 is 0 Å². The molecule has 0 bridgehead atoms. The molecule has 0 aliphatic heterocycles. The number of hydrogen-bond acceptors (Lipinski definition) is 4. The van der Waals surface area contributed by atoms with Crippen molar-refractivity contribution in [2.24, 2.45) is 0 Å². The number of thioether (sulfide) groups is 1. The molecule has 15 heavy (non-hydrogen) atoms. The highest BCUT2D eigenvalue weighted by atomic mass is 32.2. The molecule has 0 spiro atoms. The van der Waals surface area contributed by atoms with Crippen LogP contribution < -0.4 is 5.32 Å². The van der Waals surface area contributed by atoms with Crippen molar-refractivity contribution in [2.45, 2.75) is 32.4 Å². The number of nitrogens with one attached hydrogen (secondary N) is 1. The Morgan fingerprint density at radius 2 is 2.27 bits per heavy atom. The SMILES string of the molecule is CCCNC(=O)CSc1nc(C)c(C)o1. The summed E-state index contributed by atoms with van der Waals surface area (Å²) >= 11 is 1.32. The van der Waals surface area contributed by atoms with Crippen LogP contribution in [0.25, 0.3) is 0 Å². The van der Waals surface area contributed by atoms with Gasteiger partial charge in [-0.05, 0) is 20.3 Å². The minimum Gasteiger partial charge on any atom is -0.437 e. The lowest BCUT2D eigenvalue weighted by Gasteiger charge is -2.00. The van der Waals surface area contributed by atoms with E-state index in [0.717, 1.165) is 24.4 Å². The van der Waals surface area contributed by atoms with Gasteiger partial charge >= 0.3 is 0 Å². The normalized spacial score (nSPS) is 10.3. The Morgan fingerprint density at radius 3 is 2.80 bits per heavy atom. The molecule has 1 heterocycles. The van der Waals surface area contributed by atoms with E-state index in [0.29, 0.717) is 11.0 Å². The highest BCUT2D eigenvalue weighted by molar-refractivity contribution is 7.99. The van der Waals surface area contributed by atoms with Crippen molar-refractivity contribution in [3.8, 4) is 0 Å². The van der Waals surface area contributed by atoms with E-state index in [1.54, 1.807) is 0 Å². The maximum atomic E-state index is 11.3. The predicted molar refractivity (Wildman–Crippen MR) is 60.0 cm³/mol. The first-order chi connectivity index (χ1) is 7.13. The van der Waals surface area contributed by atoms with Gasteiger partial charge in [0.2, 0.25) is 5.91 Å². The number of aryl methyl sites for hydroxylation is 2. The molecule has 0 saturated carbocycles. The first-order valence-corrected chi connectivity index (χ1v) is 5.95. The minimum atomic E-state index is 0.0235. The van der Waals surface area contributed by atoms with Crippen molar-refractivity contribution in [3.63, 3.8) is 0 Å². The molecule has 0 fully saturated rings. The zero-order valence-corrected chi connectivity index (χ0v) is 10.1.